The number of carbonyl (C=O) groups is 3. The molecule has 0 unspecified atom stereocenters. The molecule has 2 aromatic heterocycles. The maximum Gasteiger partial charge on any atom is 0.407 e. The van der Waals surface area contributed by atoms with Gasteiger partial charge in [0.2, 0.25) is 5.91 Å². The average molecular weight is 543 g/mol. The summed E-state index contributed by atoms with van der Waals surface area (Å²) in [6.07, 6.45) is 1.13. The number of nitrogens with zero attached hydrogens (tertiary/aromatic N) is 6. The minimum atomic E-state index is -4.47. The third kappa shape index (κ3) is 6.79. The van der Waals surface area contributed by atoms with Crippen LogP contribution in [0.15, 0.2) is 54.9 Å². The zero-order chi connectivity index (χ0) is 27.3. The van der Waals surface area contributed by atoms with Gasteiger partial charge in [0.25, 0.3) is 5.91 Å². The molecule has 0 radical (unpaired) electrons. The van der Waals surface area contributed by atoms with Gasteiger partial charge in [0.15, 0.2) is 11.6 Å². The lowest BCUT2D eigenvalue weighted by Gasteiger charge is -2.35. The van der Waals surface area contributed by atoms with Crippen LogP contribution in [0.3, 0.4) is 0 Å². The van der Waals surface area contributed by atoms with Crippen molar-refractivity contribution in [2.75, 3.05) is 32.3 Å². The molecule has 1 saturated heterocycles. The average Bonchev–Trinajstić information content (AvgIpc) is 3.45. The van der Waals surface area contributed by atoms with Crippen LogP contribution in [-0.4, -0.2) is 101 Å². The van der Waals surface area contributed by atoms with Gasteiger partial charge in [0.05, 0.1) is 6.16 Å². The third-order valence-electron chi connectivity index (χ3n) is 5.89. The van der Waals surface area contributed by atoms with Crippen LogP contribution >= 0.6 is 7.60 Å². The minimum absolute atomic E-state index is 0.0750. The van der Waals surface area contributed by atoms with E-state index in [4.69, 9.17) is 5.11 Å². The van der Waals surface area contributed by atoms with Crippen LogP contribution in [0.2, 0.25) is 0 Å². The zero-order valence-corrected chi connectivity index (χ0v) is 21.0. The van der Waals surface area contributed by atoms with Gasteiger partial charge in [-0.05, 0) is 12.5 Å². The zero-order valence-electron chi connectivity index (χ0n) is 20.1. The number of nitrogens with one attached hydrogen (secondary N) is 1. The highest BCUT2D eigenvalue weighted by atomic mass is 31.2. The number of carbonyl (C=O) groups excluding carboxylic acids is 2. The normalized spacial score (nSPS) is 14.7. The first-order valence-electron chi connectivity index (χ1n) is 11.7. The first-order chi connectivity index (χ1) is 18.1. The molecule has 38 heavy (non-hydrogen) atoms. The molecule has 14 nitrogen and oxygen atoms in total. The summed E-state index contributed by atoms with van der Waals surface area (Å²) in [7, 11) is -4.47. The summed E-state index contributed by atoms with van der Waals surface area (Å²) < 4.78 is 13.0. The van der Waals surface area contributed by atoms with Gasteiger partial charge in [-0.1, -0.05) is 30.3 Å². The largest absolute Gasteiger partial charge is 0.465 e. The van der Waals surface area contributed by atoms with E-state index < -0.39 is 37.7 Å². The Morgan fingerprint density at radius 1 is 1.00 bits per heavy atom. The fraction of sp³-hybridized carbons (Fsp3) is 0.304. The van der Waals surface area contributed by atoms with E-state index in [0.717, 1.165) is 4.90 Å². The standard InChI is InChI=1S/C23H26N7O7P/c31-21(18-15-19(30-9-4-8-24-30)27-20(25-18)16-5-2-1-3-6-16)26-17(7-14-38(35,36)37)22(32)28-10-12-29(13-11-28)23(33)34/h1-6,8-9,15,17H,7,10-14H2,(H,26,31)(H,33,34)(H2,35,36,37)/t17-/m0/s1. The second-order valence-corrected chi connectivity index (χ2v) is 10.3. The molecule has 15 heteroatoms. The van der Waals surface area contributed by atoms with E-state index in [-0.39, 0.29) is 44.1 Å². The van der Waals surface area contributed by atoms with E-state index >= 15 is 0 Å². The number of aromatic nitrogens is 4. The van der Waals surface area contributed by atoms with Gasteiger partial charge in [0.1, 0.15) is 11.7 Å². The predicted molar refractivity (Wildman–Crippen MR) is 134 cm³/mol. The van der Waals surface area contributed by atoms with Crippen molar-refractivity contribution in [1.29, 1.82) is 0 Å². The molecule has 1 aromatic carbocycles. The van der Waals surface area contributed by atoms with E-state index in [9.17, 15) is 28.7 Å². The van der Waals surface area contributed by atoms with Crippen LogP contribution < -0.4 is 5.32 Å². The Hall–Kier alpha value is -4.13. The SMILES string of the molecule is O=C(N[C@@H](CCP(=O)(O)O)C(=O)N1CCN(C(=O)O)CC1)c1cc(-n2cccn2)nc(-c2ccccc2)n1. The van der Waals surface area contributed by atoms with Gasteiger partial charge in [-0.3, -0.25) is 14.2 Å². The summed E-state index contributed by atoms with van der Waals surface area (Å²) in [5.41, 5.74) is 0.565. The van der Waals surface area contributed by atoms with Gasteiger partial charge in [0, 0.05) is 50.2 Å². The smallest absolute Gasteiger partial charge is 0.407 e. The number of benzene rings is 1. The fourth-order valence-electron chi connectivity index (χ4n) is 3.91. The van der Waals surface area contributed by atoms with Crippen molar-refractivity contribution in [3.8, 4) is 17.2 Å². The van der Waals surface area contributed by atoms with Crippen LogP contribution in [-0.2, 0) is 9.36 Å². The topological polar surface area (TPSA) is 191 Å². The lowest BCUT2D eigenvalue weighted by Crippen LogP contribution is -2.56. The molecule has 1 atom stereocenters. The van der Waals surface area contributed by atoms with E-state index in [0.29, 0.717) is 11.4 Å². The van der Waals surface area contributed by atoms with Crippen molar-refractivity contribution in [2.24, 2.45) is 0 Å². The van der Waals surface area contributed by atoms with Crippen LogP contribution in [0.1, 0.15) is 16.9 Å². The molecule has 1 aliphatic heterocycles. The fourth-order valence-corrected chi connectivity index (χ4v) is 4.51. The summed E-state index contributed by atoms with van der Waals surface area (Å²) in [5.74, 6) is -0.767. The molecule has 1 aliphatic rings. The highest BCUT2D eigenvalue weighted by molar-refractivity contribution is 7.51. The molecule has 0 spiro atoms. The second-order valence-electron chi connectivity index (χ2n) is 8.55. The van der Waals surface area contributed by atoms with Crippen LogP contribution in [0.5, 0.6) is 0 Å². The summed E-state index contributed by atoms with van der Waals surface area (Å²) in [5, 5.41) is 15.9. The highest BCUT2D eigenvalue weighted by Crippen LogP contribution is 2.35. The van der Waals surface area contributed by atoms with E-state index in [1.807, 2.05) is 6.07 Å². The third-order valence-corrected chi connectivity index (χ3v) is 6.73. The van der Waals surface area contributed by atoms with Crippen molar-refractivity contribution >= 4 is 25.5 Å². The molecule has 4 N–H and O–H groups in total. The first-order valence-corrected chi connectivity index (χ1v) is 13.5. The Balaban J connectivity index is 1.60. The number of hydrogen-bond acceptors (Lipinski definition) is 7. The Labute approximate surface area is 217 Å². The van der Waals surface area contributed by atoms with Crippen molar-refractivity contribution < 1.29 is 33.8 Å². The van der Waals surface area contributed by atoms with Crippen molar-refractivity contribution in [3.63, 3.8) is 0 Å². The lowest BCUT2D eigenvalue weighted by atomic mass is 10.1. The molecule has 200 valence electrons. The second kappa shape index (κ2) is 11.5. The molecule has 4 rings (SSSR count). The van der Waals surface area contributed by atoms with Crippen molar-refractivity contribution in [1.82, 2.24) is 34.9 Å². The number of rotatable bonds is 8. The summed E-state index contributed by atoms with van der Waals surface area (Å²) in [4.78, 5) is 67.9. The van der Waals surface area contributed by atoms with Crippen molar-refractivity contribution in [2.45, 2.75) is 12.5 Å². The highest BCUT2D eigenvalue weighted by Gasteiger charge is 2.32. The lowest BCUT2D eigenvalue weighted by molar-refractivity contribution is -0.134. The molecule has 3 heterocycles. The quantitative estimate of drug-likeness (QED) is 0.296. The molecular weight excluding hydrogens is 517 g/mol. The number of hydrogen-bond donors (Lipinski definition) is 4. The molecule has 0 aliphatic carbocycles. The Morgan fingerprint density at radius 3 is 2.29 bits per heavy atom. The van der Waals surface area contributed by atoms with Crippen LogP contribution in [0, 0.1) is 0 Å². The molecule has 1 fully saturated rings. The maximum atomic E-state index is 13.3. The monoisotopic (exact) mass is 543 g/mol. The van der Waals surface area contributed by atoms with E-state index in [1.54, 1.807) is 42.7 Å². The van der Waals surface area contributed by atoms with E-state index in [2.05, 4.69) is 20.4 Å². The summed E-state index contributed by atoms with van der Waals surface area (Å²) >= 11 is 0. The number of piperazine rings is 1. The van der Waals surface area contributed by atoms with Gasteiger partial charge in [-0.2, -0.15) is 5.10 Å². The number of amides is 3. The summed E-state index contributed by atoms with van der Waals surface area (Å²) in [6.45, 7) is 0.338. The van der Waals surface area contributed by atoms with Crippen molar-refractivity contribution in [3.05, 3.63) is 60.6 Å². The Bertz CT molecular complexity index is 1340. The van der Waals surface area contributed by atoms with Crippen LogP contribution in [0.25, 0.3) is 17.2 Å². The Kier molecular flexibility index (Phi) is 8.15. The molecule has 3 aromatic rings. The maximum absolute atomic E-state index is 13.3. The van der Waals surface area contributed by atoms with E-state index in [1.165, 1.54) is 15.6 Å². The summed E-state index contributed by atoms with van der Waals surface area (Å²) in [6, 6.07) is 10.8. The van der Waals surface area contributed by atoms with Gasteiger partial charge >= 0.3 is 13.7 Å². The van der Waals surface area contributed by atoms with Gasteiger partial charge in [-0.25, -0.2) is 19.4 Å². The van der Waals surface area contributed by atoms with Crippen LogP contribution in [0.4, 0.5) is 4.79 Å². The predicted octanol–water partition coefficient (Wildman–Crippen LogP) is 0.818. The molecule has 3 amide bonds. The molecular formula is C23H26N7O7P. The van der Waals surface area contributed by atoms with Gasteiger partial charge < -0.3 is 30.0 Å². The minimum Gasteiger partial charge on any atom is -0.465 e. The first kappa shape index (κ1) is 26.9. The number of carboxylic acid groups (broad SMARTS) is 1. The molecule has 0 bridgehead atoms. The van der Waals surface area contributed by atoms with Gasteiger partial charge in [-0.15, -0.1) is 0 Å². The Morgan fingerprint density at radius 2 is 1.68 bits per heavy atom. The molecule has 0 saturated carbocycles.